The van der Waals surface area contributed by atoms with Gasteiger partial charge in [-0.1, -0.05) is 23.7 Å². The summed E-state index contributed by atoms with van der Waals surface area (Å²) in [6.07, 6.45) is 0. The molecular weight excluding hydrogens is 324 g/mol. The molecule has 0 spiro atoms. The second-order valence-corrected chi connectivity index (χ2v) is 4.85. The maximum absolute atomic E-state index is 11.9. The highest BCUT2D eigenvalue weighted by atomic mass is 35.5. The summed E-state index contributed by atoms with van der Waals surface area (Å²) in [5.41, 5.74) is 5.44. The monoisotopic (exact) mass is 336 g/mol. The van der Waals surface area contributed by atoms with Crippen LogP contribution in [-0.2, 0) is 4.74 Å². The lowest BCUT2D eigenvalue weighted by atomic mass is 10.1. The smallest absolute Gasteiger partial charge is 0.340 e. The zero-order chi connectivity index (χ0) is 16.8. The number of non-ortho nitro benzene ring substituents is 1. The molecule has 0 unspecified atom stereocenters. The van der Waals surface area contributed by atoms with E-state index in [2.05, 4.69) is 0 Å². The van der Waals surface area contributed by atoms with Crippen molar-refractivity contribution in [2.24, 2.45) is 0 Å². The second-order valence-electron chi connectivity index (χ2n) is 4.44. The van der Waals surface area contributed by atoms with Crippen molar-refractivity contribution < 1.29 is 19.2 Å². The normalized spacial score (nSPS) is 10.1. The van der Waals surface area contributed by atoms with Gasteiger partial charge >= 0.3 is 5.97 Å². The van der Waals surface area contributed by atoms with Gasteiger partial charge in [0.1, 0.15) is 19.0 Å². The number of carbonyl (C=O) groups is 1. The van der Waals surface area contributed by atoms with E-state index in [1.54, 1.807) is 24.3 Å². The first-order chi connectivity index (χ1) is 11.0. The van der Waals surface area contributed by atoms with E-state index in [9.17, 15) is 14.9 Å². The van der Waals surface area contributed by atoms with Crippen LogP contribution in [0.1, 0.15) is 10.4 Å². The minimum Gasteiger partial charge on any atom is -0.488 e. The van der Waals surface area contributed by atoms with Crippen molar-refractivity contribution in [1.29, 1.82) is 0 Å². The second kappa shape index (κ2) is 7.46. The van der Waals surface area contributed by atoms with Crippen LogP contribution in [0, 0.1) is 10.1 Å². The van der Waals surface area contributed by atoms with Crippen LogP contribution in [0.25, 0.3) is 0 Å². The summed E-state index contributed by atoms with van der Waals surface area (Å²) < 4.78 is 10.4. The van der Waals surface area contributed by atoms with Crippen LogP contribution >= 0.6 is 11.6 Å². The number of nitrogens with zero attached hydrogens (tertiary/aromatic N) is 1. The summed E-state index contributed by atoms with van der Waals surface area (Å²) in [4.78, 5) is 22.0. The molecule has 23 heavy (non-hydrogen) atoms. The Balaban J connectivity index is 1.91. The van der Waals surface area contributed by atoms with Crippen molar-refractivity contribution in [2.75, 3.05) is 18.9 Å². The van der Waals surface area contributed by atoms with E-state index in [1.165, 1.54) is 12.1 Å². The standard InChI is InChI=1S/C15H13ClN2O5/c16-12-3-1-2-4-14(12)22-7-8-23-15(19)11-9-10(18(20)21)5-6-13(11)17/h1-6,9H,7-8,17H2. The Hall–Kier alpha value is -2.80. The Morgan fingerprint density at radius 2 is 1.96 bits per heavy atom. The van der Waals surface area contributed by atoms with Crippen LogP contribution in [0.3, 0.4) is 0 Å². The fraction of sp³-hybridized carbons (Fsp3) is 0.133. The number of para-hydroxylation sites is 1. The summed E-state index contributed by atoms with van der Waals surface area (Å²) in [5.74, 6) is -0.283. The van der Waals surface area contributed by atoms with E-state index >= 15 is 0 Å². The number of nitro groups is 1. The summed E-state index contributed by atoms with van der Waals surface area (Å²) in [6, 6.07) is 10.5. The van der Waals surface area contributed by atoms with Gasteiger partial charge in [-0.15, -0.1) is 0 Å². The topological polar surface area (TPSA) is 105 Å². The number of hydrogen-bond acceptors (Lipinski definition) is 6. The highest BCUT2D eigenvalue weighted by Crippen LogP contribution is 2.23. The van der Waals surface area contributed by atoms with Crippen LogP contribution in [0.2, 0.25) is 5.02 Å². The number of nitro benzene ring substituents is 1. The molecule has 7 nitrogen and oxygen atoms in total. The van der Waals surface area contributed by atoms with E-state index < -0.39 is 10.9 Å². The number of hydrogen-bond donors (Lipinski definition) is 1. The number of halogens is 1. The molecule has 2 aromatic carbocycles. The van der Waals surface area contributed by atoms with Crippen molar-refractivity contribution in [3.05, 3.63) is 63.2 Å². The molecular formula is C15H13ClN2O5. The first kappa shape index (κ1) is 16.6. The largest absolute Gasteiger partial charge is 0.488 e. The fourth-order valence-electron chi connectivity index (χ4n) is 1.76. The summed E-state index contributed by atoms with van der Waals surface area (Å²) in [7, 11) is 0. The Kier molecular flexibility index (Phi) is 5.37. The fourth-order valence-corrected chi connectivity index (χ4v) is 1.95. The minimum atomic E-state index is -0.756. The molecule has 0 aromatic heterocycles. The summed E-state index contributed by atoms with van der Waals surface area (Å²) in [6.45, 7) is 0.0382. The molecule has 0 radical (unpaired) electrons. The number of esters is 1. The number of nitrogen functional groups attached to an aromatic ring is 1. The lowest BCUT2D eigenvalue weighted by Crippen LogP contribution is -2.14. The van der Waals surface area contributed by atoms with Crippen molar-refractivity contribution in [3.63, 3.8) is 0 Å². The molecule has 0 bridgehead atoms. The molecule has 0 aliphatic carbocycles. The molecule has 2 rings (SSSR count). The SMILES string of the molecule is Nc1ccc([N+](=O)[O-])cc1C(=O)OCCOc1ccccc1Cl. The molecule has 2 aromatic rings. The van der Waals surface area contributed by atoms with Gasteiger partial charge in [-0.25, -0.2) is 4.79 Å². The van der Waals surface area contributed by atoms with Gasteiger partial charge < -0.3 is 15.2 Å². The highest BCUT2D eigenvalue weighted by Gasteiger charge is 2.16. The molecule has 0 saturated heterocycles. The highest BCUT2D eigenvalue weighted by molar-refractivity contribution is 6.32. The zero-order valence-corrected chi connectivity index (χ0v) is 12.7. The molecule has 0 aliphatic rings. The quantitative estimate of drug-likeness (QED) is 0.286. The van der Waals surface area contributed by atoms with Crippen LogP contribution in [0.15, 0.2) is 42.5 Å². The predicted molar refractivity (Wildman–Crippen MR) is 84.7 cm³/mol. The van der Waals surface area contributed by atoms with E-state index in [0.717, 1.165) is 6.07 Å². The maximum atomic E-state index is 11.9. The Labute approximate surface area is 136 Å². The molecule has 0 aliphatic heterocycles. The van der Waals surface area contributed by atoms with Crippen molar-refractivity contribution in [2.45, 2.75) is 0 Å². The summed E-state index contributed by atoms with van der Waals surface area (Å²) >= 11 is 5.92. The zero-order valence-electron chi connectivity index (χ0n) is 11.9. The number of anilines is 1. The first-order valence-corrected chi connectivity index (χ1v) is 6.95. The predicted octanol–water partition coefficient (Wildman–Crippen LogP) is 3.07. The number of rotatable bonds is 6. The molecule has 0 atom stereocenters. The van der Waals surface area contributed by atoms with Gasteiger partial charge in [0.05, 0.1) is 15.5 Å². The van der Waals surface area contributed by atoms with Gasteiger partial charge in [-0.3, -0.25) is 10.1 Å². The van der Waals surface area contributed by atoms with Gasteiger partial charge in [-0.05, 0) is 18.2 Å². The number of carbonyl (C=O) groups excluding carboxylic acids is 1. The number of nitrogens with two attached hydrogens (primary N) is 1. The first-order valence-electron chi connectivity index (χ1n) is 6.57. The maximum Gasteiger partial charge on any atom is 0.340 e. The van der Waals surface area contributed by atoms with Crippen molar-refractivity contribution in [1.82, 2.24) is 0 Å². The Morgan fingerprint density at radius 1 is 1.22 bits per heavy atom. The number of benzene rings is 2. The third kappa shape index (κ3) is 4.33. The van der Waals surface area contributed by atoms with Gasteiger partial charge in [0.25, 0.3) is 5.69 Å². The number of ether oxygens (including phenoxy) is 2. The van der Waals surface area contributed by atoms with E-state index in [-0.39, 0.29) is 30.2 Å². The Morgan fingerprint density at radius 3 is 2.65 bits per heavy atom. The van der Waals surface area contributed by atoms with Gasteiger partial charge in [0.2, 0.25) is 0 Å². The van der Waals surface area contributed by atoms with Gasteiger partial charge in [0.15, 0.2) is 0 Å². The third-order valence-corrected chi connectivity index (χ3v) is 3.19. The average molecular weight is 337 g/mol. The van der Waals surface area contributed by atoms with Crippen molar-refractivity contribution >= 4 is 28.9 Å². The molecule has 0 amide bonds. The van der Waals surface area contributed by atoms with Crippen LogP contribution < -0.4 is 10.5 Å². The van der Waals surface area contributed by atoms with E-state index in [0.29, 0.717) is 10.8 Å². The van der Waals surface area contributed by atoms with Crippen LogP contribution in [0.5, 0.6) is 5.75 Å². The molecule has 0 heterocycles. The van der Waals surface area contributed by atoms with Crippen molar-refractivity contribution in [3.8, 4) is 5.75 Å². The van der Waals surface area contributed by atoms with E-state index in [1.807, 2.05) is 0 Å². The lowest BCUT2D eigenvalue weighted by molar-refractivity contribution is -0.384. The molecule has 0 saturated carbocycles. The van der Waals surface area contributed by atoms with Gasteiger partial charge in [-0.2, -0.15) is 0 Å². The molecule has 2 N–H and O–H groups in total. The van der Waals surface area contributed by atoms with Crippen LogP contribution in [-0.4, -0.2) is 24.1 Å². The molecule has 120 valence electrons. The minimum absolute atomic E-state index is 0.0494. The molecule has 8 heteroatoms. The lowest BCUT2D eigenvalue weighted by Gasteiger charge is -2.09. The third-order valence-electron chi connectivity index (χ3n) is 2.88. The van der Waals surface area contributed by atoms with Crippen LogP contribution in [0.4, 0.5) is 11.4 Å². The summed E-state index contributed by atoms with van der Waals surface area (Å²) in [5, 5.41) is 11.2. The van der Waals surface area contributed by atoms with Gasteiger partial charge in [0, 0.05) is 17.8 Å². The Bertz CT molecular complexity index is 736. The average Bonchev–Trinajstić information content (AvgIpc) is 2.53. The molecule has 0 fully saturated rings. The van der Waals surface area contributed by atoms with E-state index in [4.69, 9.17) is 26.8 Å².